The van der Waals surface area contributed by atoms with Crippen LogP contribution in [0.5, 0.6) is 0 Å². The molecule has 0 unspecified atom stereocenters. The quantitative estimate of drug-likeness (QED) is 0.811. The molecule has 2 saturated heterocycles. The number of pyridine rings is 1. The molecule has 4 rings (SSSR count). The number of rotatable bonds is 5. The lowest BCUT2D eigenvalue weighted by Crippen LogP contribution is -2.36. The Kier molecular flexibility index (Phi) is 6.33. The number of hydrogen-bond acceptors (Lipinski definition) is 4. The van der Waals surface area contributed by atoms with Crippen molar-refractivity contribution in [1.29, 1.82) is 0 Å². The van der Waals surface area contributed by atoms with Crippen molar-refractivity contribution in [1.82, 2.24) is 9.88 Å². The number of benzene rings is 1. The number of hydrogen-bond donors (Lipinski definition) is 1. The van der Waals surface area contributed by atoms with Crippen LogP contribution in [0.4, 0.5) is 11.5 Å². The molecule has 3 heterocycles. The van der Waals surface area contributed by atoms with Crippen LogP contribution < -0.4 is 10.2 Å². The molecule has 1 aromatic carbocycles. The summed E-state index contributed by atoms with van der Waals surface area (Å²) in [5.74, 6) is 1.61. The highest BCUT2D eigenvalue weighted by molar-refractivity contribution is 5.98. The minimum absolute atomic E-state index is 0.0926. The van der Waals surface area contributed by atoms with Gasteiger partial charge >= 0.3 is 0 Å². The molecule has 0 radical (unpaired) electrons. The van der Waals surface area contributed by atoms with E-state index in [4.69, 9.17) is 0 Å². The Hall–Kier alpha value is -2.56. The zero-order chi connectivity index (χ0) is 20.1. The van der Waals surface area contributed by atoms with E-state index < -0.39 is 0 Å². The third-order valence-corrected chi connectivity index (χ3v) is 6.23. The second-order valence-corrected chi connectivity index (χ2v) is 8.44. The summed E-state index contributed by atoms with van der Waals surface area (Å²) in [4.78, 5) is 21.8. The lowest BCUT2D eigenvalue weighted by Gasteiger charge is -2.32. The van der Waals surface area contributed by atoms with Crippen molar-refractivity contribution >= 4 is 17.4 Å². The molecule has 2 fully saturated rings. The fourth-order valence-corrected chi connectivity index (χ4v) is 4.26. The number of piperidine rings is 2. The fraction of sp³-hybridized carbons (Fsp3) is 0.500. The summed E-state index contributed by atoms with van der Waals surface area (Å²) in [6.45, 7) is 7.00. The molecule has 0 bridgehead atoms. The number of likely N-dealkylation sites (tertiary alicyclic amines) is 1. The monoisotopic (exact) mass is 392 g/mol. The zero-order valence-corrected chi connectivity index (χ0v) is 17.4. The molecule has 1 N–H and O–H groups in total. The zero-order valence-electron chi connectivity index (χ0n) is 17.4. The van der Waals surface area contributed by atoms with Gasteiger partial charge in [-0.05, 0) is 67.9 Å². The van der Waals surface area contributed by atoms with E-state index in [0.29, 0.717) is 17.9 Å². The molecule has 2 aliphatic rings. The van der Waals surface area contributed by atoms with Crippen molar-refractivity contribution < 1.29 is 4.79 Å². The second-order valence-electron chi connectivity index (χ2n) is 8.44. The summed E-state index contributed by atoms with van der Waals surface area (Å²) in [5, 5.41) is 3.38. The summed E-state index contributed by atoms with van der Waals surface area (Å²) in [5.41, 5.74) is 3.18. The van der Waals surface area contributed by atoms with Crippen LogP contribution in [0.1, 0.15) is 54.9 Å². The molecule has 5 heteroatoms. The summed E-state index contributed by atoms with van der Waals surface area (Å²) in [6.07, 6.45) is 7.70. The summed E-state index contributed by atoms with van der Waals surface area (Å²) in [6, 6.07) is 12.5. The Bertz CT molecular complexity index is 806. The van der Waals surface area contributed by atoms with Gasteiger partial charge in [-0.25, -0.2) is 4.98 Å². The van der Waals surface area contributed by atoms with Gasteiger partial charge in [-0.15, -0.1) is 0 Å². The van der Waals surface area contributed by atoms with E-state index in [1.165, 1.54) is 30.5 Å². The van der Waals surface area contributed by atoms with Crippen LogP contribution in [0.15, 0.2) is 42.6 Å². The van der Waals surface area contributed by atoms with E-state index in [2.05, 4.69) is 46.4 Å². The highest BCUT2D eigenvalue weighted by Crippen LogP contribution is 2.24. The Morgan fingerprint density at radius 3 is 2.48 bits per heavy atom. The first-order valence-corrected chi connectivity index (χ1v) is 11.0. The van der Waals surface area contributed by atoms with Gasteiger partial charge in [0.15, 0.2) is 0 Å². The Balaban J connectivity index is 1.38. The minimum Gasteiger partial charge on any atom is -0.372 e. The smallest absolute Gasteiger partial charge is 0.257 e. The van der Waals surface area contributed by atoms with Gasteiger partial charge in [-0.2, -0.15) is 0 Å². The van der Waals surface area contributed by atoms with Gasteiger partial charge in [-0.3, -0.25) is 4.79 Å². The number of carbonyl (C=O) groups excluding carboxylic acids is 1. The number of carbonyl (C=O) groups is 1. The van der Waals surface area contributed by atoms with Crippen LogP contribution in [0.25, 0.3) is 0 Å². The number of nitrogens with one attached hydrogen (secondary N) is 1. The molecule has 2 aromatic rings. The molecule has 29 heavy (non-hydrogen) atoms. The van der Waals surface area contributed by atoms with Gasteiger partial charge in [0.05, 0.1) is 5.56 Å². The Labute approximate surface area is 174 Å². The molecule has 0 aliphatic carbocycles. The first kappa shape index (κ1) is 19.7. The average Bonchev–Trinajstić information content (AvgIpc) is 2.79. The van der Waals surface area contributed by atoms with Crippen molar-refractivity contribution in [3.8, 4) is 0 Å². The Morgan fingerprint density at radius 2 is 1.76 bits per heavy atom. The van der Waals surface area contributed by atoms with Gasteiger partial charge in [-0.1, -0.05) is 19.1 Å². The van der Waals surface area contributed by atoms with E-state index in [1.54, 1.807) is 6.20 Å². The number of amides is 1. The molecule has 0 atom stereocenters. The van der Waals surface area contributed by atoms with Crippen LogP contribution in [-0.2, 0) is 6.54 Å². The summed E-state index contributed by atoms with van der Waals surface area (Å²) >= 11 is 0. The van der Waals surface area contributed by atoms with E-state index in [-0.39, 0.29) is 5.91 Å². The van der Waals surface area contributed by atoms with Crippen molar-refractivity contribution in [3.05, 3.63) is 53.7 Å². The average molecular weight is 393 g/mol. The maximum Gasteiger partial charge on any atom is 0.257 e. The maximum atomic E-state index is 12.9. The van der Waals surface area contributed by atoms with Crippen molar-refractivity contribution in [2.75, 3.05) is 36.4 Å². The topological polar surface area (TPSA) is 48.5 Å². The third kappa shape index (κ3) is 4.89. The molecule has 0 saturated carbocycles. The summed E-state index contributed by atoms with van der Waals surface area (Å²) < 4.78 is 0. The molecule has 5 nitrogen and oxygen atoms in total. The highest BCUT2D eigenvalue weighted by atomic mass is 16.2. The number of nitrogens with zero attached hydrogens (tertiary/aromatic N) is 3. The first-order valence-electron chi connectivity index (χ1n) is 11.0. The van der Waals surface area contributed by atoms with Crippen molar-refractivity contribution in [2.24, 2.45) is 5.92 Å². The lowest BCUT2D eigenvalue weighted by atomic mass is 9.99. The summed E-state index contributed by atoms with van der Waals surface area (Å²) in [7, 11) is 0. The van der Waals surface area contributed by atoms with Gasteiger partial charge in [0, 0.05) is 44.6 Å². The SMILES string of the molecule is CC1CCN(c2ccc(CNc3ncccc3C(=O)N3CCCCC3)cc2)CC1. The fourth-order valence-electron chi connectivity index (χ4n) is 4.26. The normalized spacial score (nSPS) is 18.0. The molecule has 154 valence electrons. The lowest BCUT2D eigenvalue weighted by molar-refractivity contribution is 0.0725. The number of anilines is 2. The standard InChI is InChI=1S/C24H32N4O/c1-19-11-16-27(17-12-19)21-9-7-20(8-10-21)18-26-23-22(6-5-13-25-23)24(29)28-14-3-2-4-15-28/h5-10,13,19H,2-4,11-12,14-18H2,1H3,(H,25,26). The molecule has 1 aromatic heterocycles. The Morgan fingerprint density at radius 1 is 1.03 bits per heavy atom. The van der Waals surface area contributed by atoms with Crippen molar-refractivity contribution in [3.63, 3.8) is 0 Å². The van der Waals surface area contributed by atoms with Crippen LogP contribution in [0.3, 0.4) is 0 Å². The maximum absolute atomic E-state index is 12.9. The molecule has 2 aliphatic heterocycles. The van der Waals surface area contributed by atoms with Crippen LogP contribution in [0, 0.1) is 5.92 Å². The van der Waals surface area contributed by atoms with Gasteiger partial charge < -0.3 is 15.1 Å². The van der Waals surface area contributed by atoms with Crippen LogP contribution in [-0.4, -0.2) is 42.0 Å². The second kappa shape index (κ2) is 9.29. The number of aromatic nitrogens is 1. The molecular weight excluding hydrogens is 360 g/mol. The van der Waals surface area contributed by atoms with Gasteiger partial charge in [0.1, 0.15) is 5.82 Å². The van der Waals surface area contributed by atoms with E-state index >= 15 is 0 Å². The van der Waals surface area contributed by atoms with Gasteiger partial charge in [0.25, 0.3) is 5.91 Å². The van der Waals surface area contributed by atoms with Crippen LogP contribution in [0.2, 0.25) is 0 Å². The molecular formula is C24H32N4O. The van der Waals surface area contributed by atoms with Gasteiger partial charge in [0.2, 0.25) is 0 Å². The van der Waals surface area contributed by atoms with E-state index in [0.717, 1.165) is 44.9 Å². The van der Waals surface area contributed by atoms with E-state index in [9.17, 15) is 4.79 Å². The minimum atomic E-state index is 0.0926. The largest absolute Gasteiger partial charge is 0.372 e. The molecule has 0 spiro atoms. The van der Waals surface area contributed by atoms with E-state index in [1.807, 2.05) is 17.0 Å². The first-order chi connectivity index (χ1) is 14.2. The predicted octanol–water partition coefficient (Wildman–Crippen LogP) is 4.56. The van der Waals surface area contributed by atoms with Crippen molar-refractivity contribution in [2.45, 2.75) is 45.6 Å². The predicted molar refractivity (Wildman–Crippen MR) is 118 cm³/mol. The van der Waals surface area contributed by atoms with Crippen LogP contribution >= 0.6 is 0 Å². The highest BCUT2D eigenvalue weighted by Gasteiger charge is 2.21. The molecule has 1 amide bonds. The third-order valence-electron chi connectivity index (χ3n) is 6.23.